The first-order chi connectivity index (χ1) is 8.81. The van der Waals surface area contributed by atoms with Crippen LogP contribution in [0.5, 0.6) is 0 Å². The van der Waals surface area contributed by atoms with Crippen molar-refractivity contribution in [3.8, 4) is 0 Å². The fourth-order valence-electron chi connectivity index (χ4n) is 1.97. The van der Waals surface area contributed by atoms with Crippen LogP contribution in [-0.2, 0) is 4.74 Å². The van der Waals surface area contributed by atoms with Gasteiger partial charge in [0.15, 0.2) is 0 Å². The lowest BCUT2D eigenvalue weighted by Crippen LogP contribution is -2.43. The number of hydrogen-bond acceptors (Lipinski definition) is 4. The van der Waals surface area contributed by atoms with Crippen molar-refractivity contribution in [2.75, 3.05) is 33.4 Å². The summed E-state index contributed by atoms with van der Waals surface area (Å²) in [6.45, 7) is 2.86. The summed E-state index contributed by atoms with van der Waals surface area (Å²) in [7, 11) is 1.66. The highest BCUT2D eigenvalue weighted by atomic mass is 19.1. The number of aliphatic imine (C=N–C) groups is 1. The van der Waals surface area contributed by atoms with Gasteiger partial charge in [-0.1, -0.05) is 12.1 Å². The van der Waals surface area contributed by atoms with E-state index < -0.39 is 0 Å². The molecule has 1 atom stereocenters. The van der Waals surface area contributed by atoms with Crippen LogP contribution in [0.4, 0.5) is 4.39 Å². The van der Waals surface area contributed by atoms with E-state index in [9.17, 15) is 4.39 Å². The number of hydrogen-bond donors (Lipinski definition) is 2. The number of benzene rings is 1. The van der Waals surface area contributed by atoms with Crippen molar-refractivity contribution in [3.63, 3.8) is 0 Å². The first-order valence-electron chi connectivity index (χ1n) is 6.07. The highest BCUT2D eigenvalue weighted by Gasteiger charge is 2.20. The Hall–Kier alpha value is -1.46. The van der Waals surface area contributed by atoms with Crippen LogP contribution in [0.25, 0.3) is 0 Å². The van der Waals surface area contributed by atoms with Crippen molar-refractivity contribution >= 4 is 5.84 Å². The molecule has 1 aromatic rings. The lowest BCUT2D eigenvalue weighted by molar-refractivity contribution is 0.203. The molecule has 2 rings (SSSR count). The third kappa shape index (κ3) is 3.27. The van der Waals surface area contributed by atoms with Crippen LogP contribution in [0.1, 0.15) is 11.6 Å². The number of rotatable bonds is 4. The van der Waals surface area contributed by atoms with E-state index in [1.165, 1.54) is 12.1 Å². The van der Waals surface area contributed by atoms with Crippen LogP contribution in [0.15, 0.2) is 29.3 Å². The van der Waals surface area contributed by atoms with Gasteiger partial charge in [-0.15, -0.1) is 0 Å². The molecular weight excluding hydrogens is 233 g/mol. The Balaban J connectivity index is 2.09. The van der Waals surface area contributed by atoms with Crippen LogP contribution in [0.3, 0.4) is 0 Å². The molecule has 4 nitrogen and oxygen atoms in total. The maximum atomic E-state index is 13.2. The molecule has 0 fully saturated rings. The summed E-state index contributed by atoms with van der Waals surface area (Å²) in [5.41, 5.74) is 0.887. The minimum atomic E-state index is -0.226. The molecule has 1 heterocycles. The Labute approximate surface area is 106 Å². The fraction of sp³-hybridized carbons (Fsp3) is 0.462. The molecule has 2 N–H and O–H groups in total. The number of amidine groups is 1. The van der Waals surface area contributed by atoms with Gasteiger partial charge in [-0.25, -0.2) is 4.39 Å². The van der Waals surface area contributed by atoms with Gasteiger partial charge in [0.1, 0.15) is 11.7 Å². The van der Waals surface area contributed by atoms with Gasteiger partial charge in [-0.3, -0.25) is 4.99 Å². The maximum absolute atomic E-state index is 13.2. The largest absolute Gasteiger partial charge is 0.383 e. The molecule has 0 saturated heterocycles. The van der Waals surface area contributed by atoms with E-state index in [1.807, 2.05) is 6.07 Å². The smallest absolute Gasteiger partial charge is 0.123 e. The third-order valence-electron chi connectivity index (χ3n) is 2.81. The Morgan fingerprint density at radius 3 is 3.22 bits per heavy atom. The molecule has 1 aliphatic rings. The van der Waals surface area contributed by atoms with Crippen molar-refractivity contribution in [1.29, 1.82) is 0 Å². The standard InChI is InChI=1S/C13H18FN3O/c1-18-8-7-17-13-12(15-5-6-16-13)10-3-2-4-11(14)9-10/h2-4,9,12,15H,5-8H2,1H3,(H,16,17). The quantitative estimate of drug-likeness (QED) is 0.788. The summed E-state index contributed by atoms with van der Waals surface area (Å²) in [5, 5.41) is 6.57. The molecule has 1 unspecified atom stereocenters. The van der Waals surface area contributed by atoms with Gasteiger partial charge in [-0.2, -0.15) is 0 Å². The number of nitrogens with one attached hydrogen (secondary N) is 2. The Morgan fingerprint density at radius 2 is 2.44 bits per heavy atom. The minimum Gasteiger partial charge on any atom is -0.383 e. The Bertz CT molecular complexity index is 422. The number of halogens is 1. The molecule has 0 saturated carbocycles. The first-order valence-corrected chi connectivity index (χ1v) is 6.07. The summed E-state index contributed by atoms with van der Waals surface area (Å²) in [5.74, 6) is 0.625. The molecule has 0 bridgehead atoms. The SMILES string of the molecule is COCCNC1=NCCNC1c1cccc(F)c1. The van der Waals surface area contributed by atoms with E-state index in [4.69, 9.17) is 4.74 Å². The van der Waals surface area contributed by atoms with Gasteiger partial charge in [0.2, 0.25) is 0 Å². The highest BCUT2D eigenvalue weighted by Crippen LogP contribution is 2.17. The summed E-state index contributed by atoms with van der Waals surface area (Å²) < 4.78 is 18.2. The lowest BCUT2D eigenvalue weighted by Gasteiger charge is -2.26. The van der Waals surface area contributed by atoms with E-state index in [2.05, 4.69) is 15.6 Å². The molecule has 0 aromatic heterocycles. The van der Waals surface area contributed by atoms with Crippen LogP contribution < -0.4 is 10.6 Å². The zero-order valence-electron chi connectivity index (χ0n) is 10.4. The van der Waals surface area contributed by atoms with E-state index in [1.54, 1.807) is 13.2 Å². The number of methoxy groups -OCH3 is 1. The first kappa shape index (κ1) is 13.0. The molecule has 0 radical (unpaired) electrons. The molecule has 1 aromatic carbocycles. The van der Waals surface area contributed by atoms with E-state index >= 15 is 0 Å². The maximum Gasteiger partial charge on any atom is 0.123 e. The van der Waals surface area contributed by atoms with Crippen molar-refractivity contribution in [3.05, 3.63) is 35.6 Å². The lowest BCUT2D eigenvalue weighted by atomic mass is 10.0. The fourth-order valence-corrected chi connectivity index (χ4v) is 1.97. The van der Waals surface area contributed by atoms with Crippen molar-refractivity contribution in [2.45, 2.75) is 6.04 Å². The average Bonchev–Trinajstić information content (AvgIpc) is 2.40. The molecule has 5 heteroatoms. The highest BCUT2D eigenvalue weighted by molar-refractivity contribution is 5.89. The van der Waals surface area contributed by atoms with Crippen LogP contribution >= 0.6 is 0 Å². The Morgan fingerprint density at radius 1 is 1.56 bits per heavy atom. The van der Waals surface area contributed by atoms with E-state index in [0.29, 0.717) is 13.2 Å². The zero-order valence-corrected chi connectivity index (χ0v) is 10.4. The normalized spacial score (nSPS) is 19.4. The monoisotopic (exact) mass is 251 g/mol. The minimum absolute atomic E-state index is 0.0636. The Kier molecular flexibility index (Phi) is 4.66. The van der Waals surface area contributed by atoms with Gasteiger partial charge >= 0.3 is 0 Å². The molecule has 0 spiro atoms. The van der Waals surface area contributed by atoms with Crippen molar-refractivity contribution < 1.29 is 9.13 Å². The average molecular weight is 251 g/mol. The van der Waals surface area contributed by atoms with E-state index in [-0.39, 0.29) is 11.9 Å². The van der Waals surface area contributed by atoms with Crippen molar-refractivity contribution in [2.24, 2.45) is 4.99 Å². The van der Waals surface area contributed by atoms with Gasteiger partial charge in [0.05, 0.1) is 19.2 Å². The summed E-state index contributed by atoms with van der Waals surface area (Å²) in [4.78, 5) is 4.45. The predicted octanol–water partition coefficient (Wildman–Crippen LogP) is 1.10. The van der Waals surface area contributed by atoms with Gasteiger partial charge in [0, 0.05) is 20.2 Å². The molecule has 0 amide bonds. The molecule has 0 aliphatic carbocycles. The summed E-state index contributed by atoms with van der Waals surface area (Å²) in [6, 6.07) is 6.54. The topological polar surface area (TPSA) is 45.6 Å². The second kappa shape index (κ2) is 6.47. The van der Waals surface area contributed by atoms with Gasteiger partial charge in [-0.05, 0) is 17.7 Å². The van der Waals surface area contributed by atoms with E-state index in [0.717, 1.165) is 24.5 Å². The second-order valence-corrected chi connectivity index (χ2v) is 4.13. The summed E-state index contributed by atoms with van der Waals surface area (Å²) >= 11 is 0. The number of nitrogens with zero attached hydrogens (tertiary/aromatic N) is 1. The van der Waals surface area contributed by atoms with Crippen LogP contribution in [0, 0.1) is 5.82 Å². The molecule has 1 aliphatic heterocycles. The summed E-state index contributed by atoms with van der Waals surface area (Å²) in [6.07, 6.45) is 0. The number of ether oxygens (including phenoxy) is 1. The second-order valence-electron chi connectivity index (χ2n) is 4.13. The zero-order chi connectivity index (χ0) is 12.8. The molecular formula is C13H18FN3O. The predicted molar refractivity (Wildman–Crippen MR) is 69.3 cm³/mol. The van der Waals surface area contributed by atoms with Crippen molar-refractivity contribution in [1.82, 2.24) is 10.6 Å². The molecule has 18 heavy (non-hydrogen) atoms. The van der Waals surface area contributed by atoms with Crippen LogP contribution in [-0.4, -0.2) is 39.2 Å². The van der Waals surface area contributed by atoms with Gasteiger partial charge < -0.3 is 15.4 Å². The van der Waals surface area contributed by atoms with Crippen LogP contribution in [0.2, 0.25) is 0 Å². The third-order valence-corrected chi connectivity index (χ3v) is 2.81. The molecule has 98 valence electrons. The van der Waals surface area contributed by atoms with Gasteiger partial charge in [0.25, 0.3) is 0 Å².